The van der Waals surface area contributed by atoms with Crippen molar-refractivity contribution in [3.05, 3.63) is 23.8 Å². The summed E-state index contributed by atoms with van der Waals surface area (Å²) < 4.78 is 66.6. The van der Waals surface area contributed by atoms with E-state index in [4.69, 9.17) is 4.74 Å². The predicted molar refractivity (Wildman–Crippen MR) is 62.8 cm³/mol. The second kappa shape index (κ2) is 5.26. The van der Waals surface area contributed by atoms with E-state index in [1.54, 1.807) is 0 Å². The lowest BCUT2D eigenvalue weighted by Gasteiger charge is -2.16. The summed E-state index contributed by atoms with van der Waals surface area (Å²) in [5, 5.41) is 0. The molecule has 1 aromatic carbocycles. The van der Waals surface area contributed by atoms with Crippen LogP contribution in [0.1, 0.15) is 16.8 Å². The van der Waals surface area contributed by atoms with Crippen LogP contribution in [0.3, 0.4) is 0 Å². The number of ether oxygens (including phenoxy) is 1. The Morgan fingerprint density at radius 2 is 2.00 bits per heavy atom. The van der Waals surface area contributed by atoms with Crippen molar-refractivity contribution >= 4 is 27.9 Å². The van der Waals surface area contributed by atoms with Crippen molar-refractivity contribution in [1.82, 2.24) is 0 Å². The van der Waals surface area contributed by atoms with Crippen LogP contribution in [0.25, 0.3) is 0 Å². The SMILES string of the molecule is O=C1CCOc2ccc(SOS(=O)(=O)C(F)(F)F)cc21. The molecule has 1 aromatic rings. The zero-order chi connectivity index (χ0) is 15.0. The molecular formula is C10H7F3O5S2. The van der Waals surface area contributed by atoms with Gasteiger partial charge >= 0.3 is 15.6 Å². The van der Waals surface area contributed by atoms with Gasteiger partial charge in [-0.1, -0.05) is 0 Å². The standard InChI is InChI=1S/C10H7F3O5S2/c11-10(12,13)20(15,16)18-19-6-1-2-9-7(5-6)8(14)3-4-17-9/h1-2,5H,3-4H2. The Bertz CT molecular complexity index is 639. The van der Waals surface area contributed by atoms with Gasteiger partial charge in [-0.3, -0.25) is 4.79 Å². The Kier molecular flexibility index (Phi) is 3.98. The molecule has 0 atom stereocenters. The number of benzene rings is 1. The fraction of sp³-hybridized carbons (Fsp3) is 0.300. The molecule has 0 aromatic heterocycles. The highest BCUT2D eigenvalue weighted by atomic mass is 32.3. The van der Waals surface area contributed by atoms with Crippen molar-refractivity contribution in [2.24, 2.45) is 0 Å². The number of rotatable bonds is 3. The molecule has 1 heterocycles. The van der Waals surface area contributed by atoms with E-state index in [-0.39, 0.29) is 41.3 Å². The van der Waals surface area contributed by atoms with Gasteiger partial charge in [0.2, 0.25) is 0 Å². The largest absolute Gasteiger partial charge is 0.524 e. The molecule has 0 radical (unpaired) electrons. The first kappa shape index (κ1) is 15.1. The third kappa shape index (κ3) is 3.07. The second-order valence-corrected chi connectivity index (χ2v) is 6.28. The molecule has 0 aliphatic carbocycles. The average molecular weight is 328 g/mol. The minimum Gasteiger partial charge on any atom is -0.492 e. The molecule has 1 aliphatic heterocycles. The predicted octanol–water partition coefficient (Wildman–Crippen LogP) is 2.53. The third-order valence-corrected chi connectivity index (χ3v) is 4.34. The van der Waals surface area contributed by atoms with Crippen LogP contribution >= 0.6 is 12.0 Å². The van der Waals surface area contributed by atoms with Crippen molar-refractivity contribution in [3.8, 4) is 5.75 Å². The maximum atomic E-state index is 12.1. The molecule has 0 amide bonds. The number of ketones is 1. The topological polar surface area (TPSA) is 69.7 Å². The molecule has 0 spiro atoms. The Morgan fingerprint density at radius 1 is 1.30 bits per heavy atom. The van der Waals surface area contributed by atoms with Gasteiger partial charge in [0, 0.05) is 23.4 Å². The van der Waals surface area contributed by atoms with Crippen LogP contribution in [0.15, 0.2) is 23.1 Å². The third-order valence-electron chi connectivity index (χ3n) is 2.34. The molecule has 0 unspecified atom stereocenters. The van der Waals surface area contributed by atoms with Crippen LogP contribution in [0, 0.1) is 0 Å². The molecule has 1 aliphatic rings. The van der Waals surface area contributed by atoms with Crippen molar-refractivity contribution in [2.45, 2.75) is 16.8 Å². The summed E-state index contributed by atoms with van der Waals surface area (Å²) in [6.07, 6.45) is 0.156. The lowest BCUT2D eigenvalue weighted by atomic mass is 10.1. The molecule has 0 bridgehead atoms. The molecule has 0 saturated carbocycles. The Balaban J connectivity index is 2.16. The number of hydrogen-bond acceptors (Lipinski definition) is 6. The van der Waals surface area contributed by atoms with Crippen LogP contribution in [0.4, 0.5) is 13.2 Å². The van der Waals surface area contributed by atoms with Crippen molar-refractivity contribution in [1.29, 1.82) is 0 Å². The Hall–Kier alpha value is -1.26. The first-order chi connectivity index (χ1) is 9.21. The monoisotopic (exact) mass is 328 g/mol. The zero-order valence-electron chi connectivity index (χ0n) is 9.64. The van der Waals surface area contributed by atoms with E-state index < -0.39 is 15.6 Å². The summed E-state index contributed by atoms with van der Waals surface area (Å²) in [6, 6.07) is 3.90. The minimum atomic E-state index is -5.68. The summed E-state index contributed by atoms with van der Waals surface area (Å²) in [4.78, 5) is 11.6. The molecule has 2 rings (SSSR count). The lowest BCUT2D eigenvalue weighted by Crippen LogP contribution is -2.23. The number of carbonyl (C=O) groups is 1. The molecular weight excluding hydrogens is 321 g/mol. The van der Waals surface area contributed by atoms with Crippen molar-refractivity contribution < 1.29 is 34.7 Å². The van der Waals surface area contributed by atoms with Gasteiger partial charge < -0.3 is 4.74 Å². The fourth-order valence-electron chi connectivity index (χ4n) is 1.42. The highest BCUT2D eigenvalue weighted by Crippen LogP contribution is 2.34. The van der Waals surface area contributed by atoms with Crippen LogP contribution < -0.4 is 4.74 Å². The average Bonchev–Trinajstić information content (AvgIpc) is 2.36. The molecule has 10 heteroatoms. The number of alkyl halides is 3. The van der Waals surface area contributed by atoms with Gasteiger partial charge in [0.25, 0.3) is 0 Å². The van der Waals surface area contributed by atoms with E-state index in [0.29, 0.717) is 5.75 Å². The van der Waals surface area contributed by atoms with Gasteiger partial charge in [-0.05, 0) is 18.2 Å². The van der Waals surface area contributed by atoms with Crippen LogP contribution in [0.5, 0.6) is 5.75 Å². The molecule has 0 fully saturated rings. The molecule has 110 valence electrons. The highest BCUT2D eigenvalue weighted by Gasteiger charge is 2.48. The first-order valence-electron chi connectivity index (χ1n) is 5.18. The van der Waals surface area contributed by atoms with Gasteiger partial charge in [-0.15, -0.1) is 0 Å². The van der Waals surface area contributed by atoms with Crippen LogP contribution in [0.2, 0.25) is 0 Å². The summed E-state index contributed by atoms with van der Waals surface area (Å²) >= 11 is 0.0134. The van der Waals surface area contributed by atoms with E-state index in [1.807, 2.05) is 0 Å². The van der Waals surface area contributed by atoms with E-state index in [1.165, 1.54) is 18.2 Å². The van der Waals surface area contributed by atoms with Gasteiger partial charge in [0.05, 0.1) is 12.2 Å². The van der Waals surface area contributed by atoms with Crippen LogP contribution in [-0.2, 0) is 13.7 Å². The van der Waals surface area contributed by atoms with Crippen molar-refractivity contribution in [2.75, 3.05) is 6.61 Å². The van der Waals surface area contributed by atoms with Crippen molar-refractivity contribution in [3.63, 3.8) is 0 Å². The summed E-state index contributed by atoms with van der Waals surface area (Å²) in [5.74, 6) is 0.0802. The number of Topliss-reactive ketones (excluding diaryl/α,β-unsaturated/α-hetero) is 1. The van der Waals surface area contributed by atoms with Gasteiger partial charge in [0.1, 0.15) is 5.75 Å². The van der Waals surface area contributed by atoms with E-state index in [0.717, 1.165) is 0 Å². The van der Waals surface area contributed by atoms with Crippen LogP contribution in [-0.4, -0.2) is 26.3 Å². The fourth-order valence-corrected chi connectivity index (χ4v) is 2.69. The molecule has 5 nitrogen and oxygen atoms in total. The van der Waals surface area contributed by atoms with Gasteiger partial charge in [-0.25, -0.2) is 0 Å². The van der Waals surface area contributed by atoms with E-state index >= 15 is 0 Å². The first-order valence-corrected chi connectivity index (χ1v) is 7.33. The number of hydrogen-bond donors (Lipinski definition) is 0. The number of halogens is 3. The maximum absolute atomic E-state index is 12.1. The zero-order valence-corrected chi connectivity index (χ0v) is 11.3. The summed E-state index contributed by atoms with van der Waals surface area (Å²) in [7, 11) is -5.68. The highest BCUT2D eigenvalue weighted by molar-refractivity contribution is 8.04. The quantitative estimate of drug-likeness (QED) is 0.627. The Morgan fingerprint density at radius 3 is 2.65 bits per heavy atom. The van der Waals surface area contributed by atoms with Gasteiger partial charge in [-0.2, -0.15) is 25.2 Å². The molecule has 0 saturated heterocycles. The Labute approximate surface area is 116 Å². The van der Waals surface area contributed by atoms with E-state index in [2.05, 4.69) is 3.63 Å². The molecule has 0 N–H and O–H groups in total. The minimum absolute atomic E-state index is 0.0134. The van der Waals surface area contributed by atoms with Gasteiger partial charge in [0.15, 0.2) is 5.78 Å². The normalized spacial score (nSPS) is 15.7. The second-order valence-electron chi connectivity index (χ2n) is 3.73. The molecule has 20 heavy (non-hydrogen) atoms. The lowest BCUT2D eigenvalue weighted by molar-refractivity contribution is -0.0494. The smallest absolute Gasteiger partial charge is 0.492 e. The summed E-state index contributed by atoms with van der Waals surface area (Å²) in [6.45, 7) is 0.233. The number of fused-ring (bicyclic) bond motifs is 1. The number of carbonyl (C=O) groups excluding carboxylic acids is 1. The van der Waals surface area contributed by atoms with E-state index in [9.17, 15) is 26.4 Å². The summed E-state index contributed by atoms with van der Waals surface area (Å²) in [5.41, 5.74) is -5.30. The maximum Gasteiger partial charge on any atom is 0.524 e.